The first kappa shape index (κ1) is 18.7. The van der Waals surface area contributed by atoms with Gasteiger partial charge in [-0.15, -0.1) is 0 Å². The second kappa shape index (κ2) is 8.17. The number of anilines is 1. The van der Waals surface area contributed by atoms with Crippen molar-refractivity contribution in [1.82, 2.24) is 24.6 Å². The minimum Gasteiger partial charge on any atom is -0.481 e. The Labute approximate surface area is 168 Å². The van der Waals surface area contributed by atoms with Gasteiger partial charge in [0.05, 0.1) is 25.1 Å². The number of carbonyl (C=O) groups excluding carboxylic acids is 1. The van der Waals surface area contributed by atoms with Crippen LogP contribution in [-0.4, -0.2) is 63.8 Å². The topological polar surface area (TPSA) is 85.6 Å². The molecule has 9 nitrogen and oxygen atoms in total. The van der Waals surface area contributed by atoms with Crippen LogP contribution < -0.4 is 14.4 Å². The van der Waals surface area contributed by atoms with Gasteiger partial charge in [-0.3, -0.25) is 9.48 Å². The molecule has 1 fully saturated rings. The molecule has 1 aromatic carbocycles. The van der Waals surface area contributed by atoms with E-state index in [4.69, 9.17) is 9.47 Å². The van der Waals surface area contributed by atoms with Crippen molar-refractivity contribution in [2.45, 2.75) is 0 Å². The maximum atomic E-state index is 13.1. The first-order chi connectivity index (χ1) is 14.1. The molecule has 0 spiro atoms. The molecule has 3 heterocycles. The van der Waals surface area contributed by atoms with Crippen LogP contribution >= 0.6 is 0 Å². The summed E-state index contributed by atoms with van der Waals surface area (Å²) in [7, 11) is 3.39. The van der Waals surface area contributed by atoms with Crippen molar-refractivity contribution in [2.24, 2.45) is 7.05 Å². The molecule has 1 aliphatic heterocycles. The van der Waals surface area contributed by atoms with Crippen LogP contribution in [-0.2, 0) is 7.05 Å². The van der Waals surface area contributed by atoms with Crippen LogP contribution in [0, 0.1) is 0 Å². The van der Waals surface area contributed by atoms with Crippen molar-refractivity contribution < 1.29 is 14.3 Å². The van der Waals surface area contributed by atoms with Gasteiger partial charge in [0.15, 0.2) is 5.75 Å². The third-order valence-corrected chi connectivity index (χ3v) is 4.70. The molecule has 1 saturated heterocycles. The molecule has 1 aliphatic rings. The summed E-state index contributed by atoms with van der Waals surface area (Å²) in [5.74, 6) is 2.18. The summed E-state index contributed by atoms with van der Waals surface area (Å²) in [4.78, 5) is 25.7. The standard InChI is InChI=1S/C20H22N6O3/c1-24-14-15(13-22-24)29-17-6-4-3-5-16(17)19(27)25-9-11-26(12-10-25)20-21-8-7-18(23-20)28-2/h3-8,13-14H,9-12H2,1-2H3. The lowest BCUT2D eigenvalue weighted by molar-refractivity contribution is 0.0743. The third kappa shape index (κ3) is 4.13. The van der Waals surface area contributed by atoms with Gasteiger partial charge in [0.1, 0.15) is 5.75 Å². The van der Waals surface area contributed by atoms with Crippen molar-refractivity contribution in [1.29, 1.82) is 0 Å². The second-order valence-corrected chi connectivity index (χ2v) is 6.63. The van der Waals surface area contributed by atoms with Crippen LogP contribution in [0.15, 0.2) is 48.9 Å². The molecule has 150 valence electrons. The van der Waals surface area contributed by atoms with E-state index in [-0.39, 0.29) is 5.91 Å². The summed E-state index contributed by atoms with van der Waals surface area (Å²) in [5, 5.41) is 4.10. The molecule has 0 aliphatic carbocycles. The van der Waals surface area contributed by atoms with Crippen molar-refractivity contribution in [3.05, 3.63) is 54.5 Å². The quantitative estimate of drug-likeness (QED) is 0.654. The summed E-state index contributed by atoms with van der Waals surface area (Å²) in [5.41, 5.74) is 0.530. The highest BCUT2D eigenvalue weighted by molar-refractivity contribution is 5.97. The van der Waals surface area contributed by atoms with Gasteiger partial charge in [-0.25, -0.2) is 4.98 Å². The molecule has 2 aromatic heterocycles. The van der Waals surface area contributed by atoms with E-state index in [1.54, 1.807) is 48.6 Å². The predicted octanol–water partition coefficient (Wildman–Crippen LogP) is 1.97. The number of rotatable bonds is 5. The lowest BCUT2D eigenvalue weighted by Gasteiger charge is -2.35. The minimum atomic E-state index is -0.0595. The molecule has 3 aromatic rings. The van der Waals surface area contributed by atoms with E-state index in [1.807, 2.05) is 29.0 Å². The van der Waals surface area contributed by atoms with E-state index in [2.05, 4.69) is 15.1 Å². The molecule has 9 heteroatoms. The molecule has 0 saturated carbocycles. The lowest BCUT2D eigenvalue weighted by Crippen LogP contribution is -2.49. The van der Waals surface area contributed by atoms with Gasteiger partial charge in [-0.1, -0.05) is 12.1 Å². The number of amides is 1. The van der Waals surface area contributed by atoms with Gasteiger partial charge < -0.3 is 19.3 Å². The van der Waals surface area contributed by atoms with Crippen LogP contribution in [0.25, 0.3) is 0 Å². The number of ether oxygens (including phenoxy) is 2. The Hall–Kier alpha value is -3.62. The molecule has 4 rings (SSSR count). The number of hydrogen-bond acceptors (Lipinski definition) is 7. The fraction of sp³-hybridized carbons (Fsp3) is 0.300. The molecule has 0 unspecified atom stereocenters. The fourth-order valence-corrected chi connectivity index (χ4v) is 3.19. The van der Waals surface area contributed by atoms with E-state index in [0.717, 1.165) is 0 Å². The van der Waals surface area contributed by atoms with Gasteiger partial charge in [0.2, 0.25) is 11.8 Å². The smallest absolute Gasteiger partial charge is 0.257 e. The second-order valence-electron chi connectivity index (χ2n) is 6.63. The molecule has 1 amide bonds. The molecule has 0 atom stereocenters. The first-order valence-electron chi connectivity index (χ1n) is 9.31. The number of carbonyl (C=O) groups is 1. The van der Waals surface area contributed by atoms with Crippen LogP contribution in [0.5, 0.6) is 17.4 Å². The largest absolute Gasteiger partial charge is 0.481 e. The lowest BCUT2D eigenvalue weighted by atomic mass is 10.1. The molecule has 0 N–H and O–H groups in total. The van der Waals surface area contributed by atoms with E-state index >= 15 is 0 Å². The van der Waals surface area contributed by atoms with Gasteiger partial charge in [0, 0.05) is 45.5 Å². The zero-order chi connectivity index (χ0) is 20.2. The Morgan fingerprint density at radius 3 is 2.62 bits per heavy atom. The Bertz CT molecular complexity index is 997. The molecule has 0 bridgehead atoms. The average molecular weight is 394 g/mol. The number of aryl methyl sites for hydroxylation is 1. The van der Waals surface area contributed by atoms with E-state index in [9.17, 15) is 4.79 Å². The maximum absolute atomic E-state index is 13.1. The number of para-hydroxylation sites is 1. The summed E-state index contributed by atoms with van der Waals surface area (Å²) >= 11 is 0. The highest BCUT2D eigenvalue weighted by Crippen LogP contribution is 2.26. The number of piperazine rings is 1. The monoisotopic (exact) mass is 394 g/mol. The van der Waals surface area contributed by atoms with E-state index in [0.29, 0.717) is 55.1 Å². The van der Waals surface area contributed by atoms with Crippen molar-refractivity contribution in [3.8, 4) is 17.4 Å². The summed E-state index contributed by atoms with van der Waals surface area (Å²) in [6, 6.07) is 8.97. The van der Waals surface area contributed by atoms with Crippen molar-refractivity contribution in [2.75, 3.05) is 38.2 Å². The molecular weight excluding hydrogens is 372 g/mol. The zero-order valence-corrected chi connectivity index (χ0v) is 16.4. The SMILES string of the molecule is COc1ccnc(N2CCN(C(=O)c3ccccc3Oc3cnn(C)c3)CC2)n1. The van der Waals surface area contributed by atoms with Gasteiger partial charge in [-0.05, 0) is 12.1 Å². The average Bonchev–Trinajstić information content (AvgIpc) is 3.18. The van der Waals surface area contributed by atoms with E-state index in [1.165, 1.54) is 0 Å². The third-order valence-electron chi connectivity index (χ3n) is 4.70. The number of aromatic nitrogens is 4. The normalized spacial score (nSPS) is 14.0. The Morgan fingerprint density at radius 2 is 1.90 bits per heavy atom. The molecule has 29 heavy (non-hydrogen) atoms. The van der Waals surface area contributed by atoms with Gasteiger partial charge >= 0.3 is 0 Å². The van der Waals surface area contributed by atoms with Gasteiger partial charge in [0.25, 0.3) is 5.91 Å². The number of nitrogens with zero attached hydrogens (tertiary/aromatic N) is 6. The van der Waals surface area contributed by atoms with Crippen LogP contribution in [0.1, 0.15) is 10.4 Å². The minimum absolute atomic E-state index is 0.0595. The zero-order valence-electron chi connectivity index (χ0n) is 16.4. The van der Waals surface area contributed by atoms with Crippen LogP contribution in [0.3, 0.4) is 0 Å². The number of hydrogen-bond donors (Lipinski definition) is 0. The fourth-order valence-electron chi connectivity index (χ4n) is 3.19. The maximum Gasteiger partial charge on any atom is 0.257 e. The van der Waals surface area contributed by atoms with Crippen LogP contribution in [0.4, 0.5) is 5.95 Å². The summed E-state index contributed by atoms with van der Waals surface area (Å²) in [6.45, 7) is 2.43. The predicted molar refractivity (Wildman–Crippen MR) is 106 cm³/mol. The van der Waals surface area contributed by atoms with E-state index < -0.39 is 0 Å². The Kier molecular flexibility index (Phi) is 5.28. The highest BCUT2D eigenvalue weighted by atomic mass is 16.5. The summed E-state index contributed by atoms with van der Waals surface area (Å²) < 4.78 is 12.7. The number of benzene rings is 1. The number of methoxy groups -OCH3 is 1. The highest BCUT2D eigenvalue weighted by Gasteiger charge is 2.25. The van der Waals surface area contributed by atoms with Gasteiger partial charge in [-0.2, -0.15) is 10.1 Å². The Balaban J connectivity index is 1.44. The summed E-state index contributed by atoms with van der Waals surface area (Å²) in [6.07, 6.45) is 5.05. The molecular formula is C20H22N6O3. The first-order valence-corrected chi connectivity index (χ1v) is 9.31. The Morgan fingerprint density at radius 1 is 1.10 bits per heavy atom. The van der Waals surface area contributed by atoms with Crippen molar-refractivity contribution in [3.63, 3.8) is 0 Å². The van der Waals surface area contributed by atoms with Crippen LogP contribution in [0.2, 0.25) is 0 Å². The molecule has 0 radical (unpaired) electrons. The van der Waals surface area contributed by atoms with Crippen molar-refractivity contribution >= 4 is 11.9 Å².